The van der Waals surface area contributed by atoms with Gasteiger partial charge in [-0.1, -0.05) is 0 Å². The minimum absolute atomic E-state index is 0.0385. The molecule has 16 nitrogen and oxygen atoms in total. The van der Waals surface area contributed by atoms with E-state index in [9.17, 15) is 65.8 Å². The van der Waals surface area contributed by atoms with Crippen LogP contribution in [-0.2, 0) is 22.5 Å². The third kappa shape index (κ3) is 5.51. The van der Waals surface area contributed by atoms with Gasteiger partial charge in [0.15, 0.2) is 46.7 Å². The molecule has 5 aromatic carbocycles. The van der Waals surface area contributed by atoms with Gasteiger partial charge in [-0.3, -0.25) is 4.79 Å². The molecule has 4 atom stereocenters. The summed E-state index contributed by atoms with van der Waals surface area (Å²) in [6.07, 6.45) is -6.22. The summed E-state index contributed by atoms with van der Waals surface area (Å²) in [7, 11) is 0. The molecule has 7 rings (SSSR count). The summed E-state index contributed by atoms with van der Waals surface area (Å²) in [6.45, 7) is -0.328. The molecule has 0 aliphatic carbocycles. The van der Waals surface area contributed by atoms with E-state index in [-0.39, 0.29) is 69.2 Å². The quantitative estimate of drug-likeness (QED) is 0.0938. The Hall–Kier alpha value is -6.78. The average Bonchev–Trinajstić information content (AvgIpc) is 3.20. The lowest BCUT2D eigenvalue weighted by atomic mass is 9.89. The highest BCUT2D eigenvalue weighted by Gasteiger charge is 2.40. The van der Waals surface area contributed by atoms with Crippen LogP contribution in [0.5, 0.6) is 63.2 Å². The normalized spacial score (nSPS) is 19.3. The number of ether oxygens (including phenoxy) is 3. The maximum Gasteiger partial charge on any atom is 0.339 e. The Morgan fingerprint density at radius 2 is 1.35 bits per heavy atom. The number of rotatable bonds is 4. The number of fused-ring (bicyclic) bond motifs is 3. The molecule has 16 heteroatoms. The first-order valence-corrected chi connectivity index (χ1v) is 15.4. The van der Waals surface area contributed by atoms with Crippen LogP contribution in [0.25, 0.3) is 10.8 Å². The molecule has 0 fully saturated rings. The number of aromatic hydroxyl groups is 10. The first-order valence-electron chi connectivity index (χ1n) is 15.4. The number of hydrogen-bond donors (Lipinski definition) is 11. The van der Waals surface area contributed by atoms with Gasteiger partial charge < -0.3 is 70.4 Å². The standard InChI is InChI=1S/C36H28O16/c37-15-1-14-11-50-33(35(28(14)21(40)7-15)52-36(49)13-4-22(41)30(46)23(42)5-13)12-2-17-18(9-25(44)32(48)29(17)31(47)24(43)3-12)34-26(45)10-19-20(39)6-16(38)8-27(19)51-34/h1-9,26,33-35,37-42,44-46,48H,10-11H2,(H,43,47)/t26-,33+,34+,35+/m0/s1. The lowest BCUT2D eigenvalue weighted by Crippen LogP contribution is -2.30. The zero-order valence-electron chi connectivity index (χ0n) is 26.4. The summed E-state index contributed by atoms with van der Waals surface area (Å²) in [5.74, 6) is -8.28. The van der Waals surface area contributed by atoms with Crippen LogP contribution < -0.4 is 10.2 Å². The van der Waals surface area contributed by atoms with Crippen molar-refractivity contribution in [3.05, 3.63) is 98.2 Å². The fraction of sp³-hybridized carbons (Fsp3) is 0.167. The highest BCUT2D eigenvalue weighted by molar-refractivity contribution is 5.94. The zero-order valence-corrected chi connectivity index (χ0v) is 26.4. The predicted molar refractivity (Wildman–Crippen MR) is 175 cm³/mol. The Labute approximate surface area is 290 Å². The van der Waals surface area contributed by atoms with Crippen molar-refractivity contribution in [2.75, 3.05) is 0 Å². The van der Waals surface area contributed by atoms with Gasteiger partial charge in [-0.15, -0.1) is 0 Å². The van der Waals surface area contributed by atoms with Gasteiger partial charge in [0.1, 0.15) is 34.9 Å². The monoisotopic (exact) mass is 716 g/mol. The minimum Gasteiger partial charge on any atom is -0.508 e. The Balaban J connectivity index is 1.42. The molecule has 5 aromatic rings. The van der Waals surface area contributed by atoms with Gasteiger partial charge in [0.25, 0.3) is 0 Å². The van der Waals surface area contributed by atoms with E-state index in [1.165, 1.54) is 18.2 Å². The van der Waals surface area contributed by atoms with E-state index in [0.29, 0.717) is 0 Å². The highest BCUT2D eigenvalue weighted by atomic mass is 16.6. The average molecular weight is 717 g/mol. The van der Waals surface area contributed by atoms with Gasteiger partial charge in [0.2, 0.25) is 5.43 Å². The third-order valence-corrected chi connectivity index (χ3v) is 8.99. The molecule has 0 spiro atoms. The van der Waals surface area contributed by atoms with Crippen molar-refractivity contribution < 1.29 is 75.2 Å². The first kappa shape index (κ1) is 33.7. The maximum atomic E-state index is 13.6. The summed E-state index contributed by atoms with van der Waals surface area (Å²) >= 11 is 0. The van der Waals surface area contributed by atoms with E-state index < -0.39 is 87.0 Å². The van der Waals surface area contributed by atoms with E-state index in [2.05, 4.69) is 0 Å². The van der Waals surface area contributed by atoms with Crippen molar-refractivity contribution in [1.29, 1.82) is 0 Å². The van der Waals surface area contributed by atoms with Crippen molar-refractivity contribution in [2.45, 2.75) is 37.4 Å². The molecule has 2 aliphatic rings. The molecule has 0 aromatic heterocycles. The number of aliphatic hydroxyl groups is 1. The number of phenolic OH excluding ortho intramolecular Hbond substituents is 9. The molecule has 0 saturated heterocycles. The summed E-state index contributed by atoms with van der Waals surface area (Å²) in [5, 5.41) is 114. The van der Waals surface area contributed by atoms with Crippen molar-refractivity contribution in [1.82, 2.24) is 0 Å². The summed E-state index contributed by atoms with van der Waals surface area (Å²) < 4.78 is 17.7. The molecule has 52 heavy (non-hydrogen) atoms. The van der Waals surface area contributed by atoms with Crippen LogP contribution in [-0.4, -0.2) is 68.2 Å². The van der Waals surface area contributed by atoms with Gasteiger partial charge in [0, 0.05) is 41.3 Å². The molecule has 0 amide bonds. The molecule has 2 heterocycles. The molecule has 0 bridgehead atoms. The van der Waals surface area contributed by atoms with Crippen LogP contribution in [0.2, 0.25) is 0 Å². The Kier molecular flexibility index (Phi) is 7.92. The van der Waals surface area contributed by atoms with Gasteiger partial charge in [0.05, 0.1) is 23.7 Å². The fourth-order valence-corrected chi connectivity index (χ4v) is 6.61. The second kappa shape index (κ2) is 12.2. The van der Waals surface area contributed by atoms with E-state index in [1.807, 2.05) is 0 Å². The number of carbonyl (C=O) groups excluding carboxylic acids is 1. The van der Waals surface area contributed by atoms with Crippen molar-refractivity contribution in [3.63, 3.8) is 0 Å². The molecular weight excluding hydrogens is 688 g/mol. The lowest BCUT2D eigenvalue weighted by Gasteiger charge is -2.34. The molecule has 268 valence electrons. The van der Waals surface area contributed by atoms with Gasteiger partial charge in [-0.25, -0.2) is 4.79 Å². The predicted octanol–water partition coefficient (Wildman–Crippen LogP) is 3.46. The molecule has 0 radical (unpaired) electrons. The van der Waals surface area contributed by atoms with Crippen LogP contribution >= 0.6 is 0 Å². The molecule has 0 unspecified atom stereocenters. The topological polar surface area (TPSA) is 284 Å². The van der Waals surface area contributed by atoms with E-state index in [1.54, 1.807) is 0 Å². The fourth-order valence-electron chi connectivity index (χ4n) is 6.61. The first-order chi connectivity index (χ1) is 24.6. The number of aliphatic hydroxyl groups excluding tert-OH is 1. The molecule has 11 N–H and O–H groups in total. The van der Waals surface area contributed by atoms with Crippen LogP contribution in [0.4, 0.5) is 0 Å². The van der Waals surface area contributed by atoms with Crippen molar-refractivity contribution in [3.8, 4) is 63.2 Å². The van der Waals surface area contributed by atoms with Gasteiger partial charge >= 0.3 is 5.97 Å². The number of benzene rings is 4. The third-order valence-electron chi connectivity index (χ3n) is 8.99. The minimum atomic E-state index is -1.65. The summed E-state index contributed by atoms with van der Waals surface area (Å²) in [5.41, 5.74) is -1.62. The molecule has 2 aliphatic heterocycles. The number of hydrogen-bond acceptors (Lipinski definition) is 16. The summed E-state index contributed by atoms with van der Waals surface area (Å²) in [4.78, 5) is 27.1. The number of carbonyl (C=O) groups is 1. The van der Waals surface area contributed by atoms with Crippen LogP contribution in [0.15, 0.2) is 59.4 Å². The number of phenols is 9. The Morgan fingerprint density at radius 1 is 0.692 bits per heavy atom. The van der Waals surface area contributed by atoms with E-state index in [4.69, 9.17) is 14.2 Å². The second-order valence-electron chi connectivity index (χ2n) is 12.3. The molecular formula is C36H28O16. The Bertz CT molecular complexity index is 2370. The maximum absolute atomic E-state index is 13.6. The Morgan fingerprint density at radius 3 is 2.06 bits per heavy atom. The van der Waals surface area contributed by atoms with Crippen LogP contribution in [0.1, 0.15) is 56.5 Å². The largest absolute Gasteiger partial charge is 0.508 e. The van der Waals surface area contributed by atoms with Gasteiger partial charge in [-0.05, 0) is 52.9 Å². The molecule has 0 saturated carbocycles. The summed E-state index contributed by atoms with van der Waals surface area (Å²) in [6, 6.07) is 9.17. The van der Waals surface area contributed by atoms with Crippen molar-refractivity contribution >= 4 is 16.7 Å². The van der Waals surface area contributed by atoms with E-state index >= 15 is 0 Å². The van der Waals surface area contributed by atoms with Crippen LogP contribution in [0, 0.1) is 0 Å². The smallest absolute Gasteiger partial charge is 0.339 e. The number of esters is 1. The van der Waals surface area contributed by atoms with Crippen LogP contribution in [0.3, 0.4) is 0 Å². The lowest BCUT2D eigenvalue weighted by molar-refractivity contribution is -0.0777. The van der Waals surface area contributed by atoms with Crippen molar-refractivity contribution in [2.24, 2.45) is 0 Å². The van der Waals surface area contributed by atoms with E-state index in [0.717, 1.165) is 36.4 Å². The second-order valence-corrected chi connectivity index (χ2v) is 12.3. The highest BCUT2D eigenvalue weighted by Crippen LogP contribution is 2.50. The zero-order chi connectivity index (χ0) is 37.3. The SMILES string of the molecule is O=C(O[C@@H]1c2c(O)cc(O)cc2CO[C@@H]1c1cc(O)c(=O)c2c(O)c(O)cc([C@H]3Oc4cc(O)cc(O)c4C[C@@H]3O)c2c1)c1cc(O)c(O)c(O)c1. The van der Waals surface area contributed by atoms with Gasteiger partial charge in [-0.2, -0.15) is 0 Å².